The second kappa shape index (κ2) is 6.98. The Morgan fingerprint density at radius 3 is 2.45 bits per heavy atom. The van der Waals surface area contributed by atoms with Crippen molar-refractivity contribution in [2.75, 3.05) is 18.0 Å². The first-order valence-corrected chi connectivity index (χ1v) is 9.07. The molecular formula is C20H18F3N4O2+. The summed E-state index contributed by atoms with van der Waals surface area (Å²) in [4.78, 5) is 28.2. The van der Waals surface area contributed by atoms with E-state index in [0.717, 1.165) is 28.1 Å². The van der Waals surface area contributed by atoms with Crippen LogP contribution in [0.15, 0.2) is 53.6 Å². The molecule has 0 bridgehead atoms. The average Bonchev–Trinajstić information content (AvgIpc) is 3.10. The summed E-state index contributed by atoms with van der Waals surface area (Å²) in [5, 5.41) is 4.38. The fraction of sp³-hybridized carbons (Fsp3) is 0.300. The lowest BCUT2D eigenvalue weighted by molar-refractivity contribution is -0.534. The Hall–Kier alpha value is -3.23. The molecule has 9 heteroatoms. The van der Waals surface area contributed by atoms with Crippen molar-refractivity contribution in [2.45, 2.75) is 25.9 Å². The molecule has 2 amide bonds. The highest BCUT2D eigenvalue weighted by molar-refractivity contribution is 6.31. The lowest BCUT2D eigenvalue weighted by Gasteiger charge is -2.27. The second-order valence-electron chi connectivity index (χ2n) is 7.05. The van der Waals surface area contributed by atoms with Crippen molar-refractivity contribution in [2.24, 2.45) is 5.11 Å². The number of halogens is 3. The van der Waals surface area contributed by atoms with Crippen LogP contribution in [0.4, 0.5) is 18.9 Å². The average molecular weight is 403 g/mol. The van der Waals surface area contributed by atoms with Gasteiger partial charge in [-0.3, -0.25) is 9.69 Å². The Morgan fingerprint density at radius 1 is 1.07 bits per heavy atom. The molecule has 2 aliphatic heterocycles. The Morgan fingerprint density at radius 2 is 1.76 bits per heavy atom. The van der Waals surface area contributed by atoms with E-state index in [9.17, 15) is 22.8 Å². The minimum atomic E-state index is -4.49. The van der Waals surface area contributed by atoms with Crippen LogP contribution in [0.1, 0.15) is 16.7 Å². The smallest absolute Gasteiger partial charge is 0.326 e. The van der Waals surface area contributed by atoms with E-state index in [0.29, 0.717) is 13.1 Å². The third-order valence-corrected chi connectivity index (χ3v) is 5.01. The van der Waals surface area contributed by atoms with Crippen LogP contribution < -0.4 is 4.90 Å². The standard InChI is InChI=1S/C20H18F3N4O2/c1-13-5-7-16(8-6-13)25-9-10-26-17(28)18(29)27(24-19(25)26)12-14-3-2-4-15(11-14)20(21,22)23/h2-8,11,19H,9-10,12H2,1H3/q+1. The van der Waals surface area contributed by atoms with Gasteiger partial charge in [0.25, 0.3) is 6.29 Å². The zero-order valence-corrected chi connectivity index (χ0v) is 15.6. The summed E-state index contributed by atoms with van der Waals surface area (Å²) >= 11 is 0. The van der Waals surface area contributed by atoms with Crippen LogP contribution in [0.2, 0.25) is 0 Å². The highest BCUT2D eigenvalue weighted by Crippen LogP contribution is 2.30. The first-order valence-electron chi connectivity index (χ1n) is 9.07. The predicted molar refractivity (Wildman–Crippen MR) is 96.9 cm³/mol. The molecule has 6 nitrogen and oxygen atoms in total. The number of hydrogen-bond donors (Lipinski definition) is 0. The van der Waals surface area contributed by atoms with Crippen molar-refractivity contribution < 1.29 is 27.5 Å². The molecule has 1 atom stereocenters. The van der Waals surface area contributed by atoms with Gasteiger partial charge in [-0.25, -0.2) is 4.79 Å². The number of benzene rings is 2. The van der Waals surface area contributed by atoms with Gasteiger partial charge in [-0.05, 0) is 35.9 Å². The maximum atomic E-state index is 13.0. The number of carbonyl (C=O) groups is 2. The van der Waals surface area contributed by atoms with Gasteiger partial charge in [-0.2, -0.15) is 13.2 Å². The van der Waals surface area contributed by atoms with Crippen LogP contribution in [-0.4, -0.2) is 40.8 Å². The summed E-state index contributed by atoms with van der Waals surface area (Å²) in [6.07, 6.45) is -5.19. The van der Waals surface area contributed by atoms with E-state index in [1.807, 2.05) is 36.1 Å². The van der Waals surface area contributed by atoms with E-state index in [1.165, 1.54) is 17.0 Å². The van der Waals surface area contributed by atoms with Crippen LogP contribution in [0.3, 0.4) is 0 Å². The van der Waals surface area contributed by atoms with E-state index in [-0.39, 0.29) is 12.1 Å². The van der Waals surface area contributed by atoms with Crippen molar-refractivity contribution in [1.29, 1.82) is 0 Å². The molecule has 4 rings (SSSR count). The number of azo groups is 2. The summed E-state index contributed by atoms with van der Waals surface area (Å²) in [6.45, 7) is 2.61. The second-order valence-corrected chi connectivity index (χ2v) is 7.05. The molecule has 150 valence electrons. The Balaban J connectivity index is 1.65. The van der Waals surface area contributed by atoms with Crippen molar-refractivity contribution in [3.05, 3.63) is 65.2 Å². The molecule has 0 N–H and O–H groups in total. The Labute approximate surface area is 164 Å². The summed E-state index contributed by atoms with van der Waals surface area (Å²) in [5.41, 5.74) is 1.38. The maximum absolute atomic E-state index is 13.0. The Bertz CT molecular complexity index is 1000. The van der Waals surface area contributed by atoms with E-state index in [1.54, 1.807) is 0 Å². The van der Waals surface area contributed by atoms with Crippen molar-refractivity contribution in [3.63, 3.8) is 0 Å². The largest absolute Gasteiger partial charge is 0.502 e. The van der Waals surface area contributed by atoms with Crippen molar-refractivity contribution in [3.8, 4) is 0 Å². The number of aryl methyl sites for hydroxylation is 1. The topological polar surface area (TPSA) is 56.0 Å². The number of fused-ring (bicyclic) bond motifs is 1. The van der Waals surface area contributed by atoms with Crippen LogP contribution in [0, 0.1) is 6.92 Å². The molecule has 2 aromatic rings. The molecule has 0 aliphatic carbocycles. The van der Waals surface area contributed by atoms with Gasteiger partial charge in [0.15, 0.2) is 0 Å². The molecular weight excluding hydrogens is 385 g/mol. The molecule has 2 aliphatic rings. The molecule has 1 unspecified atom stereocenters. The van der Waals surface area contributed by atoms with Crippen molar-refractivity contribution in [1.82, 2.24) is 4.90 Å². The number of amides is 2. The third-order valence-electron chi connectivity index (χ3n) is 5.01. The fourth-order valence-electron chi connectivity index (χ4n) is 3.49. The lowest BCUT2D eigenvalue weighted by Crippen LogP contribution is -2.51. The van der Waals surface area contributed by atoms with Gasteiger partial charge in [0.1, 0.15) is 0 Å². The van der Waals surface area contributed by atoms with Gasteiger partial charge < -0.3 is 4.90 Å². The van der Waals surface area contributed by atoms with E-state index < -0.39 is 29.8 Å². The molecule has 2 heterocycles. The molecule has 0 aromatic heterocycles. The molecule has 29 heavy (non-hydrogen) atoms. The predicted octanol–water partition coefficient (Wildman–Crippen LogP) is 3.15. The summed E-state index contributed by atoms with van der Waals surface area (Å²) in [5.74, 6) is -1.55. The minimum Gasteiger partial charge on any atom is -0.326 e. The summed E-state index contributed by atoms with van der Waals surface area (Å²) < 4.78 is 39.8. The van der Waals surface area contributed by atoms with Gasteiger partial charge in [0.2, 0.25) is 6.54 Å². The zero-order valence-electron chi connectivity index (χ0n) is 15.6. The molecule has 0 radical (unpaired) electrons. The van der Waals surface area contributed by atoms with Crippen LogP contribution in [-0.2, 0) is 22.3 Å². The van der Waals surface area contributed by atoms with Crippen LogP contribution in [0.25, 0.3) is 0 Å². The van der Waals surface area contributed by atoms with Gasteiger partial charge in [-0.1, -0.05) is 29.8 Å². The highest BCUT2D eigenvalue weighted by atomic mass is 19.4. The normalized spacial score (nSPS) is 19.4. The monoisotopic (exact) mass is 403 g/mol. The number of alkyl halides is 3. The van der Waals surface area contributed by atoms with E-state index in [2.05, 4.69) is 5.11 Å². The number of carbonyl (C=O) groups excluding carboxylic acids is 2. The number of rotatable bonds is 3. The van der Waals surface area contributed by atoms with Crippen molar-refractivity contribution >= 4 is 17.5 Å². The highest BCUT2D eigenvalue weighted by Gasteiger charge is 2.49. The summed E-state index contributed by atoms with van der Waals surface area (Å²) in [6, 6.07) is 12.4. The summed E-state index contributed by atoms with van der Waals surface area (Å²) in [7, 11) is 0. The van der Waals surface area contributed by atoms with Gasteiger partial charge in [0.05, 0.1) is 5.56 Å². The van der Waals surface area contributed by atoms with E-state index >= 15 is 0 Å². The molecule has 0 spiro atoms. The van der Waals surface area contributed by atoms with Gasteiger partial charge in [0, 0.05) is 29.5 Å². The number of nitrogens with zero attached hydrogens (tertiary/aromatic N) is 4. The first-order chi connectivity index (χ1) is 13.7. The zero-order chi connectivity index (χ0) is 20.8. The molecule has 1 fully saturated rings. The molecule has 2 aromatic carbocycles. The Kier molecular flexibility index (Phi) is 4.60. The SMILES string of the molecule is Cc1ccc(N2CCN3C(=O)C(=O)[N+](Cc4cccc(C(F)(F)F)c4)=NC32)cc1. The third kappa shape index (κ3) is 3.59. The van der Waals surface area contributed by atoms with Crippen LogP contribution in [0.5, 0.6) is 0 Å². The number of anilines is 1. The lowest BCUT2D eigenvalue weighted by atomic mass is 10.1. The first kappa shape index (κ1) is 19.1. The van der Waals surface area contributed by atoms with E-state index in [4.69, 9.17) is 0 Å². The van der Waals surface area contributed by atoms with Crippen LogP contribution >= 0.6 is 0 Å². The minimum absolute atomic E-state index is 0.208. The fourth-order valence-corrected chi connectivity index (χ4v) is 3.49. The quantitative estimate of drug-likeness (QED) is 0.585. The van der Waals surface area contributed by atoms with Gasteiger partial charge >= 0.3 is 18.0 Å². The maximum Gasteiger partial charge on any atom is 0.502 e. The van der Waals surface area contributed by atoms with Gasteiger partial charge in [-0.15, -0.1) is 0 Å². The number of hydrogen-bond acceptors (Lipinski definition) is 4. The molecule has 1 saturated heterocycles. The molecule has 0 saturated carbocycles.